The molecule has 3 rings (SSSR count). The van der Waals surface area contributed by atoms with E-state index in [9.17, 15) is 0 Å². The van der Waals surface area contributed by atoms with Crippen molar-refractivity contribution in [3.05, 3.63) is 34.3 Å². The summed E-state index contributed by atoms with van der Waals surface area (Å²) in [5.41, 5.74) is 7.43. The minimum atomic E-state index is 0.558. The van der Waals surface area contributed by atoms with Gasteiger partial charge in [0.15, 0.2) is 0 Å². The minimum absolute atomic E-state index is 0.558. The Morgan fingerprint density at radius 1 is 1.17 bits per heavy atom. The van der Waals surface area contributed by atoms with Crippen LogP contribution in [0.25, 0.3) is 0 Å². The van der Waals surface area contributed by atoms with Crippen molar-refractivity contribution in [1.29, 1.82) is 0 Å². The quantitative estimate of drug-likeness (QED) is 0.881. The number of hydrogen-bond acceptors (Lipinski definition) is 1. The highest BCUT2D eigenvalue weighted by Crippen LogP contribution is 2.51. The molecule has 1 nitrogen and oxygen atoms in total. The third-order valence-electron chi connectivity index (χ3n) is 5.10. The second-order valence-electron chi connectivity index (χ2n) is 6.15. The Bertz CT molecular complexity index is 400. The molecular weight excluding hydrogens is 286 g/mol. The molecule has 0 heterocycles. The molecule has 2 heteroatoms. The van der Waals surface area contributed by atoms with Gasteiger partial charge in [-0.1, -0.05) is 34.5 Å². The van der Waals surface area contributed by atoms with Crippen LogP contribution in [0.1, 0.15) is 43.6 Å². The van der Waals surface area contributed by atoms with Gasteiger partial charge in [0.25, 0.3) is 0 Å². The first kappa shape index (κ1) is 12.7. The summed E-state index contributed by atoms with van der Waals surface area (Å²) in [4.78, 5) is 0. The first-order chi connectivity index (χ1) is 8.76. The number of fused-ring (bicyclic) bond motifs is 2. The predicted molar refractivity (Wildman–Crippen MR) is 79.5 cm³/mol. The molecule has 0 aliphatic heterocycles. The zero-order valence-corrected chi connectivity index (χ0v) is 12.4. The molecule has 0 spiro atoms. The van der Waals surface area contributed by atoms with Gasteiger partial charge in [-0.15, -0.1) is 0 Å². The van der Waals surface area contributed by atoms with Crippen molar-refractivity contribution >= 4 is 15.9 Å². The Morgan fingerprint density at radius 3 is 2.50 bits per heavy atom. The molecule has 0 aromatic heterocycles. The van der Waals surface area contributed by atoms with Crippen LogP contribution in [-0.2, 0) is 0 Å². The number of rotatable bonds is 4. The molecule has 0 radical (unpaired) electrons. The Balaban J connectivity index is 1.67. The van der Waals surface area contributed by atoms with Gasteiger partial charge in [-0.05, 0) is 73.6 Å². The molecular formula is C16H22BrN. The fourth-order valence-corrected chi connectivity index (χ4v) is 4.40. The normalized spacial score (nSPS) is 31.8. The van der Waals surface area contributed by atoms with Gasteiger partial charge in [-0.2, -0.15) is 0 Å². The van der Waals surface area contributed by atoms with Gasteiger partial charge in [0, 0.05) is 4.47 Å². The van der Waals surface area contributed by atoms with Crippen LogP contribution in [0.15, 0.2) is 28.7 Å². The molecule has 2 saturated carbocycles. The van der Waals surface area contributed by atoms with Gasteiger partial charge >= 0.3 is 0 Å². The van der Waals surface area contributed by atoms with Crippen LogP contribution in [0.3, 0.4) is 0 Å². The largest absolute Gasteiger partial charge is 0.330 e. The molecule has 2 aliphatic carbocycles. The summed E-state index contributed by atoms with van der Waals surface area (Å²) in [6.07, 6.45) is 7.25. The second-order valence-corrected chi connectivity index (χ2v) is 7.07. The lowest BCUT2D eigenvalue weighted by atomic mass is 9.80. The number of halogens is 1. The summed E-state index contributed by atoms with van der Waals surface area (Å²) in [5, 5.41) is 0. The van der Waals surface area contributed by atoms with Gasteiger partial charge in [0.1, 0.15) is 0 Å². The summed E-state index contributed by atoms with van der Waals surface area (Å²) < 4.78 is 1.15. The number of hydrogen-bond donors (Lipinski definition) is 1. The van der Waals surface area contributed by atoms with E-state index < -0.39 is 0 Å². The topological polar surface area (TPSA) is 26.0 Å². The van der Waals surface area contributed by atoms with Crippen LogP contribution in [0.2, 0.25) is 0 Å². The van der Waals surface area contributed by atoms with Gasteiger partial charge in [-0.3, -0.25) is 0 Å². The smallest absolute Gasteiger partial charge is 0.0175 e. The number of benzene rings is 1. The molecule has 2 aliphatic rings. The van der Waals surface area contributed by atoms with Crippen LogP contribution < -0.4 is 5.73 Å². The van der Waals surface area contributed by atoms with Gasteiger partial charge in [0.2, 0.25) is 0 Å². The predicted octanol–water partition coefficient (Wildman–Crippen LogP) is 4.32. The fourth-order valence-electron chi connectivity index (χ4n) is 4.13. The maximum absolute atomic E-state index is 6.01. The Hall–Kier alpha value is -0.340. The summed E-state index contributed by atoms with van der Waals surface area (Å²) in [6.45, 7) is 0.787. The third-order valence-corrected chi connectivity index (χ3v) is 5.63. The van der Waals surface area contributed by atoms with Crippen LogP contribution >= 0.6 is 15.9 Å². The van der Waals surface area contributed by atoms with E-state index >= 15 is 0 Å². The highest BCUT2D eigenvalue weighted by molar-refractivity contribution is 9.10. The molecule has 1 aromatic rings. The summed E-state index contributed by atoms with van der Waals surface area (Å²) in [5.74, 6) is 3.56. The third kappa shape index (κ3) is 2.50. The standard InChI is InChI=1S/C16H22BrN/c17-16-5-3-12(4-6-16)15(10-18)9-14-8-11-1-2-13(14)7-11/h3-6,11,13-15H,1-2,7-10,18H2. The summed E-state index contributed by atoms with van der Waals surface area (Å²) >= 11 is 3.50. The molecule has 4 unspecified atom stereocenters. The van der Waals surface area contributed by atoms with Crippen molar-refractivity contribution < 1.29 is 0 Å². The van der Waals surface area contributed by atoms with E-state index in [2.05, 4.69) is 40.2 Å². The summed E-state index contributed by atoms with van der Waals surface area (Å²) in [6, 6.07) is 8.74. The van der Waals surface area contributed by atoms with Gasteiger partial charge in [-0.25, -0.2) is 0 Å². The maximum Gasteiger partial charge on any atom is 0.0175 e. The number of nitrogens with two attached hydrogens (primary N) is 1. The van der Waals surface area contributed by atoms with Crippen molar-refractivity contribution in [3.63, 3.8) is 0 Å². The van der Waals surface area contributed by atoms with Crippen LogP contribution in [0.4, 0.5) is 0 Å². The van der Waals surface area contributed by atoms with Gasteiger partial charge < -0.3 is 5.73 Å². The van der Waals surface area contributed by atoms with E-state index in [4.69, 9.17) is 5.73 Å². The molecule has 2 N–H and O–H groups in total. The first-order valence-electron chi connectivity index (χ1n) is 7.21. The van der Waals surface area contributed by atoms with Crippen molar-refractivity contribution in [2.24, 2.45) is 23.5 Å². The monoisotopic (exact) mass is 307 g/mol. The van der Waals surface area contributed by atoms with Gasteiger partial charge in [0.05, 0.1) is 0 Å². The average Bonchev–Trinajstić information content (AvgIpc) is 2.99. The molecule has 0 saturated heterocycles. The highest BCUT2D eigenvalue weighted by atomic mass is 79.9. The van der Waals surface area contributed by atoms with Crippen LogP contribution in [-0.4, -0.2) is 6.54 Å². The van der Waals surface area contributed by atoms with E-state index in [1.807, 2.05) is 0 Å². The average molecular weight is 308 g/mol. The molecule has 2 bridgehead atoms. The van der Waals surface area contributed by atoms with E-state index in [1.54, 1.807) is 0 Å². The molecule has 4 atom stereocenters. The fraction of sp³-hybridized carbons (Fsp3) is 0.625. The lowest BCUT2D eigenvalue weighted by Gasteiger charge is -2.26. The van der Waals surface area contributed by atoms with Crippen molar-refractivity contribution in [3.8, 4) is 0 Å². The van der Waals surface area contributed by atoms with Crippen molar-refractivity contribution in [2.45, 2.75) is 38.0 Å². The molecule has 18 heavy (non-hydrogen) atoms. The first-order valence-corrected chi connectivity index (χ1v) is 8.01. The van der Waals surface area contributed by atoms with E-state index in [-0.39, 0.29) is 0 Å². The zero-order valence-electron chi connectivity index (χ0n) is 10.8. The van der Waals surface area contributed by atoms with Crippen molar-refractivity contribution in [2.75, 3.05) is 6.54 Å². The van der Waals surface area contributed by atoms with Crippen molar-refractivity contribution in [1.82, 2.24) is 0 Å². The minimum Gasteiger partial charge on any atom is -0.330 e. The zero-order chi connectivity index (χ0) is 12.5. The molecule has 2 fully saturated rings. The lowest BCUT2D eigenvalue weighted by molar-refractivity contribution is 0.296. The van der Waals surface area contributed by atoms with Crippen LogP contribution in [0, 0.1) is 17.8 Å². The second kappa shape index (κ2) is 5.34. The van der Waals surface area contributed by atoms with E-state index in [1.165, 1.54) is 37.7 Å². The SMILES string of the molecule is NCC(CC1CC2CCC1C2)c1ccc(Br)cc1. The molecule has 0 amide bonds. The van der Waals surface area contributed by atoms with E-state index in [0.717, 1.165) is 28.8 Å². The van der Waals surface area contributed by atoms with E-state index in [0.29, 0.717) is 5.92 Å². The molecule has 98 valence electrons. The lowest BCUT2D eigenvalue weighted by Crippen LogP contribution is -2.19. The molecule has 1 aromatic carbocycles. The Kier molecular flexibility index (Phi) is 3.76. The van der Waals surface area contributed by atoms with Crippen LogP contribution in [0.5, 0.6) is 0 Å². The Labute approximate surface area is 118 Å². The maximum atomic E-state index is 6.01. The summed E-state index contributed by atoms with van der Waals surface area (Å²) in [7, 11) is 0. The highest BCUT2D eigenvalue weighted by Gasteiger charge is 2.39. The Morgan fingerprint density at radius 2 is 1.94 bits per heavy atom.